The first-order valence-electron chi connectivity index (χ1n) is 5.03. The molecule has 2 rings (SSSR count). The topological polar surface area (TPSA) is 46.3 Å². The van der Waals surface area contributed by atoms with E-state index >= 15 is 0 Å². The van der Waals surface area contributed by atoms with E-state index in [4.69, 9.17) is 9.52 Å². The lowest BCUT2D eigenvalue weighted by Gasteiger charge is -2.00. The van der Waals surface area contributed by atoms with Crippen LogP contribution in [0.15, 0.2) is 34.9 Å². The van der Waals surface area contributed by atoms with Gasteiger partial charge in [0, 0.05) is 5.92 Å². The highest BCUT2D eigenvalue weighted by Gasteiger charge is 2.14. The molecule has 16 heavy (non-hydrogen) atoms. The van der Waals surface area contributed by atoms with Crippen LogP contribution in [0.1, 0.15) is 18.5 Å². The van der Waals surface area contributed by atoms with Gasteiger partial charge in [-0.15, -0.1) is 0 Å². The molecule has 1 heterocycles. The molecule has 84 valence electrons. The fourth-order valence-corrected chi connectivity index (χ4v) is 1.36. The Kier molecular flexibility index (Phi) is 3.01. The van der Waals surface area contributed by atoms with Crippen molar-refractivity contribution in [3.05, 3.63) is 42.0 Å². The molecule has 3 nitrogen and oxygen atoms in total. The van der Waals surface area contributed by atoms with E-state index in [0.717, 1.165) is 0 Å². The summed E-state index contributed by atoms with van der Waals surface area (Å²) in [4.78, 5) is 4.15. The Morgan fingerprint density at radius 3 is 2.88 bits per heavy atom. The quantitative estimate of drug-likeness (QED) is 0.866. The van der Waals surface area contributed by atoms with E-state index in [-0.39, 0.29) is 24.2 Å². The third-order valence-electron chi connectivity index (χ3n) is 2.40. The van der Waals surface area contributed by atoms with Crippen LogP contribution in [0.25, 0.3) is 11.5 Å². The molecule has 1 unspecified atom stereocenters. The van der Waals surface area contributed by atoms with E-state index in [2.05, 4.69) is 4.98 Å². The minimum absolute atomic E-state index is 0.0107. The number of benzene rings is 1. The Balaban J connectivity index is 2.35. The normalized spacial score (nSPS) is 12.7. The third-order valence-corrected chi connectivity index (χ3v) is 2.40. The van der Waals surface area contributed by atoms with Crippen LogP contribution in [-0.2, 0) is 0 Å². The summed E-state index contributed by atoms with van der Waals surface area (Å²) >= 11 is 0. The third kappa shape index (κ3) is 1.97. The minimum Gasteiger partial charge on any atom is -0.444 e. The molecule has 0 saturated heterocycles. The Bertz CT molecular complexity index is 481. The van der Waals surface area contributed by atoms with Crippen LogP contribution in [0.4, 0.5) is 4.39 Å². The molecule has 0 fully saturated rings. The van der Waals surface area contributed by atoms with Gasteiger partial charge >= 0.3 is 0 Å². The molecule has 0 amide bonds. The fraction of sp³-hybridized carbons (Fsp3) is 0.250. The number of halogens is 1. The summed E-state index contributed by atoms with van der Waals surface area (Å²) in [7, 11) is 0. The van der Waals surface area contributed by atoms with E-state index in [9.17, 15) is 4.39 Å². The monoisotopic (exact) mass is 221 g/mol. The highest BCUT2D eigenvalue weighted by Crippen LogP contribution is 2.24. The minimum atomic E-state index is -0.368. The van der Waals surface area contributed by atoms with Gasteiger partial charge < -0.3 is 9.52 Å². The van der Waals surface area contributed by atoms with Crippen molar-refractivity contribution in [1.29, 1.82) is 0 Å². The van der Waals surface area contributed by atoms with E-state index in [1.165, 1.54) is 12.3 Å². The predicted molar refractivity (Wildman–Crippen MR) is 57.4 cm³/mol. The Morgan fingerprint density at radius 1 is 1.44 bits per heavy atom. The number of hydrogen-bond acceptors (Lipinski definition) is 3. The standard InChI is InChI=1S/C12H12FNO2/c1-8(6-15)11-7-16-12(14-11)9-4-2-3-5-10(9)13/h2-5,7-8,15H,6H2,1H3. The van der Waals surface area contributed by atoms with Crippen LogP contribution in [0.3, 0.4) is 0 Å². The lowest BCUT2D eigenvalue weighted by atomic mass is 10.1. The van der Waals surface area contributed by atoms with Crippen LogP contribution in [0, 0.1) is 5.82 Å². The fourth-order valence-electron chi connectivity index (χ4n) is 1.36. The van der Waals surface area contributed by atoms with Crippen molar-refractivity contribution in [3.63, 3.8) is 0 Å². The summed E-state index contributed by atoms with van der Waals surface area (Å²) < 4.78 is 18.6. The highest BCUT2D eigenvalue weighted by atomic mass is 19.1. The van der Waals surface area contributed by atoms with Gasteiger partial charge in [0.2, 0.25) is 5.89 Å². The number of oxazole rings is 1. The average molecular weight is 221 g/mol. The Hall–Kier alpha value is -1.68. The van der Waals surface area contributed by atoms with E-state index < -0.39 is 0 Å². The van der Waals surface area contributed by atoms with Crippen molar-refractivity contribution in [2.24, 2.45) is 0 Å². The highest BCUT2D eigenvalue weighted by molar-refractivity contribution is 5.53. The zero-order valence-electron chi connectivity index (χ0n) is 8.85. The van der Waals surface area contributed by atoms with Crippen LogP contribution in [0.5, 0.6) is 0 Å². The zero-order valence-corrected chi connectivity index (χ0v) is 8.85. The van der Waals surface area contributed by atoms with Crippen molar-refractivity contribution in [2.75, 3.05) is 6.61 Å². The summed E-state index contributed by atoms with van der Waals surface area (Å²) in [6.45, 7) is 1.81. The molecule has 1 atom stereocenters. The largest absolute Gasteiger partial charge is 0.444 e. The summed E-state index contributed by atoms with van der Waals surface area (Å²) in [5.74, 6) is -0.231. The van der Waals surface area contributed by atoms with Crippen LogP contribution in [0.2, 0.25) is 0 Å². The van der Waals surface area contributed by atoms with Gasteiger partial charge in [0.1, 0.15) is 12.1 Å². The number of aromatic nitrogens is 1. The molecule has 1 N–H and O–H groups in total. The molecule has 0 spiro atoms. The first kappa shape index (κ1) is 10.8. The number of aliphatic hydroxyl groups excluding tert-OH is 1. The van der Waals surface area contributed by atoms with Gasteiger partial charge in [-0.05, 0) is 12.1 Å². The molecule has 0 saturated carbocycles. The first-order valence-corrected chi connectivity index (χ1v) is 5.03. The maximum Gasteiger partial charge on any atom is 0.229 e. The van der Waals surface area contributed by atoms with Crippen molar-refractivity contribution >= 4 is 0 Å². The lowest BCUT2D eigenvalue weighted by molar-refractivity contribution is 0.271. The number of rotatable bonds is 3. The second-order valence-electron chi connectivity index (χ2n) is 3.64. The SMILES string of the molecule is CC(CO)c1coc(-c2ccccc2F)n1. The molecule has 0 aliphatic carbocycles. The van der Waals surface area contributed by atoms with Gasteiger partial charge in [-0.25, -0.2) is 9.37 Å². The summed E-state index contributed by atoms with van der Waals surface area (Å²) in [6.07, 6.45) is 1.45. The van der Waals surface area contributed by atoms with Crippen LogP contribution >= 0.6 is 0 Å². The number of hydrogen-bond donors (Lipinski definition) is 1. The van der Waals surface area contributed by atoms with Gasteiger partial charge in [0.15, 0.2) is 0 Å². The van der Waals surface area contributed by atoms with Crippen molar-refractivity contribution in [2.45, 2.75) is 12.8 Å². The molecule has 0 bridgehead atoms. The maximum absolute atomic E-state index is 13.4. The second kappa shape index (κ2) is 4.45. The van der Waals surface area contributed by atoms with Crippen molar-refractivity contribution < 1.29 is 13.9 Å². The molecular formula is C12H12FNO2. The van der Waals surface area contributed by atoms with Crippen molar-refractivity contribution in [1.82, 2.24) is 4.98 Å². The first-order chi connectivity index (χ1) is 7.72. The van der Waals surface area contributed by atoms with Crippen LogP contribution < -0.4 is 0 Å². The molecule has 2 aromatic rings. The second-order valence-corrected chi connectivity index (χ2v) is 3.64. The van der Waals surface area contributed by atoms with Gasteiger partial charge in [0.05, 0.1) is 17.9 Å². The maximum atomic E-state index is 13.4. The molecule has 0 aliphatic heterocycles. The number of aliphatic hydroxyl groups is 1. The molecule has 4 heteroatoms. The van der Waals surface area contributed by atoms with Gasteiger partial charge in [-0.3, -0.25) is 0 Å². The predicted octanol–water partition coefficient (Wildman–Crippen LogP) is 2.58. The molecule has 0 aliphatic rings. The summed E-state index contributed by atoms with van der Waals surface area (Å²) in [5, 5.41) is 8.97. The molecule has 1 aromatic heterocycles. The summed E-state index contributed by atoms with van der Waals surface area (Å²) in [6, 6.07) is 6.29. The Labute approximate surface area is 92.6 Å². The van der Waals surface area contributed by atoms with E-state index in [1.54, 1.807) is 18.2 Å². The van der Waals surface area contributed by atoms with Gasteiger partial charge in [-0.2, -0.15) is 0 Å². The van der Waals surface area contributed by atoms with Crippen LogP contribution in [-0.4, -0.2) is 16.7 Å². The smallest absolute Gasteiger partial charge is 0.229 e. The zero-order chi connectivity index (χ0) is 11.5. The van der Waals surface area contributed by atoms with E-state index in [0.29, 0.717) is 11.3 Å². The Morgan fingerprint density at radius 2 is 2.19 bits per heavy atom. The average Bonchev–Trinajstić information content (AvgIpc) is 2.78. The number of nitrogens with zero attached hydrogens (tertiary/aromatic N) is 1. The van der Waals surface area contributed by atoms with Crippen molar-refractivity contribution in [3.8, 4) is 11.5 Å². The molecule has 1 aromatic carbocycles. The molecular weight excluding hydrogens is 209 g/mol. The summed E-state index contributed by atoms with van der Waals surface area (Å²) in [5.41, 5.74) is 0.958. The van der Waals surface area contributed by atoms with Gasteiger partial charge in [0.25, 0.3) is 0 Å². The van der Waals surface area contributed by atoms with E-state index in [1.807, 2.05) is 6.92 Å². The van der Waals surface area contributed by atoms with Gasteiger partial charge in [-0.1, -0.05) is 19.1 Å². The lowest BCUT2D eigenvalue weighted by Crippen LogP contribution is -1.98. The molecule has 0 radical (unpaired) electrons.